The van der Waals surface area contributed by atoms with Crippen LogP contribution >= 0.6 is 0 Å². The molecule has 0 unspecified atom stereocenters. The average molecular weight is 225 g/mol. The summed E-state index contributed by atoms with van der Waals surface area (Å²) in [6, 6.07) is 8.90. The number of nitrogens with one attached hydrogen (secondary N) is 1. The monoisotopic (exact) mass is 225 g/mol. The van der Waals surface area contributed by atoms with E-state index in [1.54, 1.807) is 18.2 Å². The van der Waals surface area contributed by atoms with Crippen molar-refractivity contribution in [2.75, 3.05) is 5.32 Å². The van der Waals surface area contributed by atoms with Crippen molar-refractivity contribution in [2.24, 2.45) is 0 Å². The molecule has 1 heterocycles. The molecule has 0 aliphatic heterocycles. The summed E-state index contributed by atoms with van der Waals surface area (Å²) in [7, 11) is 0. The van der Waals surface area contributed by atoms with Gasteiger partial charge in [-0.15, -0.1) is 6.42 Å². The van der Waals surface area contributed by atoms with Crippen molar-refractivity contribution in [1.29, 1.82) is 0 Å². The Morgan fingerprint density at radius 3 is 2.76 bits per heavy atom. The lowest BCUT2D eigenvalue weighted by Crippen LogP contribution is -2.12. The van der Waals surface area contributed by atoms with Gasteiger partial charge < -0.3 is 9.73 Å². The molecule has 0 bridgehead atoms. The smallest absolute Gasteiger partial charge is 0.291 e. The first-order valence-corrected chi connectivity index (χ1v) is 5.13. The van der Waals surface area contributed by atoms with Gasteiger partial charge in [-0.3, -0.25) is 4.79 Å². The Bertz CT molecular complexity index is 590. The van der Waals surface area contributed by atoms with Gasteiger partial charge in [0.15, 0.2) is 5.76 Å². The van der Waals surface area contributed by atoms with E-state index in [0.717, 1.165) is 5.56 Å². The molecule has 0 atom stereocenters. The van der Waals surface area contributed by atoms with Crippen molar-refractivity contribution in [3.63, 3.8) is 0 Å². The van der Waals surface area contributed by atoms with Crippen LogP contribution in [-0.2, 0) is 0 Å². The van der Waals surface area contributed by atoms with Gasteiger partial charge in [0.2, 0.25) is 0 Å². The van der Waals surface area contributed by atoms with Crippen LogP contribution in [0.4, 0.5) is 5.69 Å². The van der Waals surface area contributed by atoms with Crippen LogP contribution in [0, 0.1) is 19.3 Å². The minimum atomic E-state index is -0.296. The van der Waals surface area contributed by atoms with E-state index >= 15 is 0 Å². The van der Waals surface area contributed by atoms with E-state index < -0.39 is 0 Å². The molecule has 1 aromatic carbocycles. The number of anilines is 1. The van der Waals surface area contributed by atoms with E-state index in [1.165, 1.54) is 6.26 Å². The van der Waals surface area contributed by atoms with Gasteiger partial charge in [-0.1, -0.05) is 18.1 Å². The maximum atomic E-state index is 11.9. The predicted molar refractivity (Wildman–Crippen MR) is 65.8 cm³/mol. The van der Waals surface area contributed by atoms with Crippen LogP contribution in [0.2, 0.25) is 0 Å². The van der Waals surface area contributed by atoms with Gasteiger partial charge in [0.1, 0.15) is 0 Å². The fourth-order valence-electron chi connectivity index (χ4n) is 1.50. The highest BCUT2D eigenvalue weighted by atomic mass is 16.3. The van der Waals surface area contributed by atoms with Crippen LogP contribution in [0.15, 0.2) is 41.0 Å². The molecule has 2 rings (SSSR count). The van der Waals surface area contributed by atoms with Gasteiger partial charge >= 0.3 is 0 Å². The zero-order valence-electron chi connectivity index (χ0n) is 9.36. The predicted octanol–water partition coefficient (Wildman–Crippen LogP) is 2.82. The lowest BCUT2D eigenvalue weighted by Gasteiger charge is -2.06. The number of para-hydroxylation sites is 1. The number of carbonyl (C=O) groups excluding carboxylic acids is 1. The third-order valence-electron chi connectivity index (χ3n) is 2.40. The molecule has 1 aromatic heterocycles. The average Bonchev–Trinajstić information content (AvgIpc) is 2.76. The number of terminal acetylenes is 1. The quantitative estimate of drug-likeness (QED) is 0.798. The molecule has 1 N–H and O–H groups in total. The first kappa shape index (κ1) is 11.0. The highest BCUT2D eigenvalue weighted by Gasteiger charge is 2.13. The lowest BCUT2D eigenvalue weighted by molar-refractivity contribution is 0.0996. The lowest BCUT2D eigenvalue weighted by atomic mass is 10.2. The molecule has 0 fully saturated rings. The van der Waals surface area contributed by atoms with E-state index in [0.29, 0.717) is 17.0 Å². The van der Waals surface area contributed by atoms with Crippen LogP contribution in [0.1, 0.15) is 21.7 Å². The van der Waals surface area contributed by atoms with Gasteiger partial charge in [-0.2, -0.15) is 0 Å². The van der Waals surface area contributed by atoms with Gasteiger partial charge in [0, 0.05) is 11.1 Å². The Morgan fingerprint density at radius 2 is 2.12 bits per heavy atom. The molecule has 84 valence electrons. The largest absolute Gasteiger partial charge is 0.459 e. The molecule has 0 spiro atoms. The first-order valence-electron chi connectivity index (χ1n) is 5.13. The summed E-state index contributed by atoms with van der Waals surface area (Å²) in [6.45, 7) is 1.81. The van der Waals surface area contributed by atoms with Gasteiger partial charge in [0.25, 0.3) is 5.91 Å². The van der Waals surface area contributed by atoms with Gasteiger partial charge in [0.05, 0.1) is 12.0 Å². The van der Waals surface area contributed by atoms with E-state index in [1.807, 2.05) is 19.1 Å². The highest BCUT2D eigenvalue weighted by molar-refractivity contribution is 6.03. The zero-order valence-corrected chi connectivity index (χ0v) is 9.36. The third-order valence-corrected chi connectivity index (χ3v) is 2.40. The number of aryl methyl sites for hydroxylation is 1. The zero-order chi connectivity index (χ0) is 12.3. The fourth-order valence-corrected chi connectivity index (χ4v) is 1.50. The van der Waals surface area contributed by atoms with Crippen LogP contribution in [-0.4, -0.2) is 5.91 Å². The Morgan fingerprint density at radius 1 is 1.35 bits per heavy atom. The molecular weight excluding hydrogens is 214 g/mol. The second kappa shape index (κ2) is 4.58. The van der Waals surface area contributed by atoms with Crippen molar-refractivity contribution < 1.29 is 9.21 Å². The molecule has 0 aliphatic rings. The summed E-state index contributed by atoms with van der Waals surface area (Å²) in [5.41, 5.74) is 2.04. The minimum absolute atomic E-state index is 0.296. The van der Waals surface area contributed by atoms with Gasteiger partial charge in [-0.05, 0) is 25.1 Å². The van der Waals surface area contributed by atoms with Crippen molar-refractivity contribution in [1.82, 2.24) is 0 Å². The number of hydrogen-bond acceptors (Lipinski definition) is 2. The summed E-state index contributed by atoms with van der Waals surface area (Å²) in [5.74, 6) is 2.52. The van der Waals surface area contributed by atoms with Crippen molar-refractivity contribution in [2.45, 2.75) is 6.92 Å². The van der Waals surface area contributed by atoms with Crippen molar-refractivity contribution >= 4 is 11.6 Å². The molecule has 0 aliphatic carbocycles. The van der Waals surface area contributed by atoms with Crippen LogP contribution in [0.25, 0.3) is 0 Å². The fraction of sp³-hybridized carbons (Fsp3) is 0.0714. The number of hydrogen-bond donors (Lipinski definition) is 1. The molecule has 0 radical (unpaired) electrons. The molecule has 2 aromatic rings. The summed E-state index contributed by atoms with van der Waals surface area (Å²) < 4.78 is 5.11. The second-order valence-electron chi connectivity index (χ2n) is 3.58. The number of rotatable bonds is 2. The molecule has 1 amide bonds. The van der Waals surface area contributed by atoms with Crippen LogP contribution in [0.5, 0.6) is 0 Å². The molecular formula is C14H11NO2. The van der Waals surface area contributed by atoms with E-state index in [9.17, 15) is 4.79 Å². The van der Waals surface area contributed by atoms with Crippen molar-refractivity contribution in [3.05, 3.63) is 53.5 Å². The summed E-state index contributed by atoms with van der Waals surface area (Å²) in [5, 5.41) is 2.73. The first-order chi connectivity index (χ1) is 8.22. The Hall–Kier alpha value is -2.47. The number of amides is 1. The normalized spacial score (nSPS) is 9.65. The van der Waals surface area contributed by atoms with Crippen LogP contribution in [0.3, 0.4) is 0 Å². The number of benzene rings is 1. The molecule has 0 saturated heterocycles. The Labute approximate surface area is 99.5 Å². The SMILES string of the molecule is C#Cc1ccccc1NC(=O)c1occc1C. The second-order valence-corrected chi connectivity index (χ2v) is 3.58. The molecule has 17 heavy (non-hydrogen) atoms. The summed E-state index contributed by atoms with van der Waals surface area (Å²) in [6.07, 6.45) is 6.83. The van der Waals surface area contributed by atoms with E-state index in [2.05, 4.69) is 11.2 Å². The maximum Gasteiger partial charge on any atom is 0.291 e. The minimum Gasteiger partial charge on any atom is -0.459 e. The summed E-state index contributed by atoms with van der Waals surface area (Å²) >= 11 is 0. The standard InChI is InChI=1S/C14H11NO2/c1-3-11-6-4-5-7-12(11)15-14(16)13-10(2)8-9-17-13/h1,4-9H,2H3,(H,15,16). The van der Waals surface area contributed by atoms with E-state index in [4.69, 9.17) is 10.8 Å². The highest BCUT2D eigenvalue weighted by Crippen LogP contribution is 2.16. The molecule has 0 saturated carbocycles. The van der Waals surface area contributed by atoms with Gasteiger partial charge in [-0.25, -0.2) is 0 Å². The van der Waals surface area contributed by atoms with E-state index in [-0.39, 0.29) is 5.91 Å². The topological polar surface area (TPSA) is 42.2 Å². The Balaban J connectivity index is 2.26. The molecule has 3 heteroatoms. The Kier molecular flexibility index (Phi) is 2.97. The number of furan rings is 1. The van der Waals surface area contributed by atoms with Crippen LogP contribution < -0.4 is 5.32 Å². The third kappa shape index (κ3) is 2.21. The maximum absolute atomic E-state index is 11.9. The number of carbonyl (C=O) groups is 1. The summed E-state index contributed by atoms with van der Waals surface area (Å²) in [4.78, 5) is 11.9. The molecule has 3 nitrogen and oxygen atoms in total. The van der Waals surface area contributed by atoms with Crippen molar-refractivity contribution in [3.8, 4) is 12.3 Å².